The van der Waals surface area contributed by atoms with Crippen LogP contribution in [0.2, 0.25) is 0 Å². The van der Waals surface area contributed by atoms with E-state index in [4.69, 9.17) is 23.9 Å². The molecule has 206 valence electrons. The van der Waals surface area contributed by atoms with Gasteiger partial charge in [0.1, 0.15) is 22.9 Å². The van der Waals surface area contributed by atoms with E-state index in [2.05, 4.69) is 26.3 Å². The minimum atomic E-state index is -0.585. The van der Waals surface area contributed by atoms with E-state index >= 15 is 0 Å². The lowest BCUT2D eigenvalue weighted by Crippen LogP contribution is -2.35. The van der Waals surface area contributed by atoms with Crippen molar-refractivity contribution in [2.75, 3.05) is 25.6 Å². The first kappa shape index (κ1) is 27.1. The van der Waals surface area contributed by atoms with Gasteiger partial charge in [0, 0.05) is 11.3 Å². The molecule has 2 aromatic carbocycles. The number of anilines is 1. The SMILES string of the molecule is CC.COc1cnc2c(-c3nc4ccc5c(c4s3)OC[C@H](COC(=O)Nc3ccc(C)nc3)O5)cc(C)cc2n1. The van der Waals surface area contributed by atoms with Crippen molar-refractivity contribution in [1.29, 1.82) is 0 Å². The molecule has 11 heteroatoms. The van der Waals surface area contributed by atoms with E-state index in [-0.39, 0.29) is 13.2 Å². The lowest BCUT2D eigenvalue weighted by atomic mass is 10.1. The Balaban J connectivity index is 0.00000158. The third kappa shape index (κ3) is 5.59. The van der Waals surface area contributed by atoms with E-state index in [0.29, 0.717) is 23.1 Å². The number of hydrogen-bond acceptors (Lipinski definition) is 10. The largest absolute Gasteiger partial charge is 0.484 e. The molecule has 0 saturated heterocycles. The van der Waals surface area contributed by atoms with Crippen LogP contribution in [-0.4, -0.2) is 52.5 Å². The number of aryl methyl sites for hydroxylation is 2. The second-order valence-corrected chi connectivity index (χ2v) is 9.81. The maximum atomic E-state index is 12.2. The minimum absolute atomic E-state index is 0.0357. The van der Waals surface area contributed by atoms with Crippen LogP contribution >= 0.6 is 11.3 Å². The van der Waals surface area contributed by atoms with Crippen LogP contribution in [0.1, 0.15) is 25.1 Å². The van der Waals surface area contributed by atoms with Gasteiger partial charge in [0.2, 0.25) is 5.88 Å². The van der Waals surface area contributed by atoms with Crippen LogP contribution in [0.4, 0.5) is 10.5 Å². The summed E-state index contributed by atoms with van der Waals surface area (Å²) in [5.74, 6) is 1.66. The van der Waals surface area contributed by atoms with Gasteiger partial charge in [-0.2, -0.15) is 0 Å². The molecule has 1 N–H and O–H groups in total. The van der Waals surface area contributed by atoms with Crippen molar-refractivity contribution in [2.45, 2.75) is 33.8 Å². The molecule has 40 heavy (non-hydrogen) atoms. The number of hydrogen-bond donors (Lipinski definition) is 1. The first-order valence-corrected chi connectivity index (χ1v) is 13.7. The van der Waals surface area contributed by atoms with E-state index in [9.17, 15) is 4.79 Å². The molecule has 0 spiro atoms. The monoisotopic (exact) mass is 559 g/mol. The van der Waals surface area contributed by atoms with Crippen molar-refractivity contribution in [1.82, 2.24) is 19.9 Å². The van der Waals surface area contributed by atoms with Gasteiger partial charge in [-0.25, -0.2) is 19.7 Å². The third-order valence-corrected chi connectivity index (χ3v) is 7.05. The van der Waals surface area contributed by atoms with E-state index in [1.54, 1.807) is 25.6 Å². The molecule has 5 aromatic rings. The second kappa shape index (κ2) is 11.7. The summed E-state index contributed by atoms with van der Waals surface area (Å²) in [6.07, 6.45) is 2.15. The maximum absolute atomic E-state index is 12.2. The number of fused-ring (bicyclic) bond motifs is 4. The van der Waals surface area contributed by atoms with Gasteiger partial charge >= 0.3 is 6.09 Å². The average molecular weight is 560 g/mol. The number of carbonyl (C=O) groups is 1. The fourth-order valence-electron chi connectivity index (χ4n) is 4.14. The molecule has 0 aliphatic carbocycles. The zero-order valence-corrected chi connectivity index (χ0v) is 23.7. The number of nitrogens with zero attached hydrogens (tertiary/aromatic N) is 4. The van der Waals surface area contributed by atoms with Crippen molar-refractivity contribution in [3.8, 4) is 28.0 Å². The predicted octanol–water partition coefficient (Wildman–Crippen LogP) is 6.34. The molecule has 1 aliphatic heterocycles. The molecule has 0 unspecified atom stereocenters. The standard InChI is InChI=1S/C27H23N5O5S.C2H6/c1-14-8-18(23-20(9-14)31-22(34-3)11-29-23)26-32-19-6-7-21-24(25(19)38-26)35-12-17(37-21)13-36-27(33)30-16-5-4-15(2)28-10-16;1-2/h4-11,17H,12-13H2,1-3H3,(H,30,33);1-2H3/t17-;/m1./s1. The number of pyridine rings is 1. The number of rotatable bonds is 5. The molecule has 1 aliphatic rings. The Labute approximate surface area is 235 Å². The zero-order chi connectivity index (χ0) is 28.2. The molecule has 0 fully saturated rings. The van der Waals surface area contributed by atoms with Gasteiger partial charge in [-0.05, 0) is 55.8 Å². The van der Waals surface area contributed by atoms with Crippen molar-refractivity contribution >= 4 is 44.4 Å². The zero-order valence-electron chi connectivity index (χ0n) is 22.8. The van der Waals surface area contributed by atoms with E-state index < -0.39 is 12.2 Å². The summed E-state index contributed by atoms with van der Waals surface area (Å²) >= 11 is 1.50. The number of thiazole rings is 1. The summed E-state index contributed by atoms with van der Waals surface area (Å²) in [6, 6.07) is 11.3. The van der Waals surface area contributed by atoms with E-state index in [1.165, 1.54) is 11.3 Å². The van der Waals surface area contributed by atoms with Gasteiger partial charge in [0.15, 0.2) is 17.6 Å². The third-order valence-electron chi connectivity index (χ3n) is 5.95. The van der Waals surface area contributed by atoms with Gasteiger partial charge in [-0.15, -0.1) is 11.3 Å². The Hall–Kier alpha value is -4.51. The maximum Gasteiger partial charge on any atom is 0.411 e. The van der Waals surface area contributed by atoms with E-state index in [1.807, 2.05) is 52.0 Å². The van der Waals surface area contributed by atoms with Crippen molar-refractivity contribution < 1.29 is 23.7 Å². The summed E-state index contributed by atoms with van der Waals surface area (Å²) in [5, 5.41) is 3.45. The van der Waals surface area contributed by atoms with Crippen LogP contribution in [0.3, 0.4) is 0 Å². The fourth-order valence-corrected chi connectivity index (χ4v) is 5.21. The normalized spacial score (nSPS) is 13.9. The molecule has 1 atom stereocenters. The average Bonchev–Trinajstić information content (AvgIpc) is 3.42. The summed E-state index contributed by atoms with van der Waals surface area (Å²) in [6.45, 7) is 8.15. The van der Waals surface area contributed by atoms with Gasteiger partial charge in [-0.1, -0.05) is 13.8 Å². The second-order valence-electron chi connectivity index (χ2n) is 8.82. The molecular weight excluding hydrogens is 530 g/mol. The van der Waals surface area contributed by atoms with Crippen molar-refractivity contribution in [3.63, 3.8) is 0 Å². The quantitative estimate of drug-likeness (QED) is 0.263. The Morgan fingerprint density at radius 3 is 2.70 bits per heavy atom. The van der Waals surface area contributed by atoms with Crippen LogP contribution in [-0.2, 0) is 4.74 Å². The number of aromatic nitrogens is 4. The molecule has 1 amide bonds. The predicted molar refractivity (Wildman–Crippen MR) is 155 cm³/mol. The molecule has 6 rings (SSSR count). The van der Waals surface area contributed by atoms with Crippen LogP contribution in [0.5, 0.6) is 17.4 Å². The van der Waals surface area contributed by atoms with Crippen LogP contribution < -0.4 is 19.5 Å². The highest BCUT2D eigenvalue weighted by molar-refractivity contribution is 7.22. The molecule has 0 saturated carbocycles. The first-order chi connectivity index (χ1) is 19.5. The van der Waals surface area contributed by atoms with Gasteiger partial charge in [-0.3, -0.25) is 10.3 Å². The number of methoxy groups -OCH3 is 1. The lowest BCUT2D eigenvalue weighted by Gasteiger charge is -2.26. The highest BCUT2D eigenvalue weighted by Gasteiger charge is 2.26. The molecule has 3 aromatic heterocycles. The number of carbonyl (C=O) groups excluding carboxylic acids is 1. The highest BCUT2D eigenvalue weighted by Crippen LogP contribution is 2.44. The number of nitrogens with one attached hydrogen (secondary N) is 1. The summed E-state index contributed by atoms with van der Waals surface area (Å²) in [4.78, 5) is 30.3. The van der Waals surface area contributed by atoms with Crippen molar-refractivity contribution in [3.05, 3.63) is 60.0 Å². The van der Waals surface area contributed by atoms with Gasteiger partial charge in [0.25, 0.3) is 0 Å². The summed E-state index contributed by atoms with van der Waals surface area (Å²) < 4.78 is 23.6. The Morgan fingerprint density at radius 2 is 1.93 bits per heavy atom. The Morgan fingerprint density at radius 1 is 1.07 bits per heavy atom. The summed E-state index contributed by atoms with van der Waals surface area (Å²) in [7, 11) is 1.57. The summed E-state index contributed by atoms with van der Waals surface area (Å²) in [5.41, 5.74) is 5.64. The molecule has 0 radical (unpaired) electrons. The Kier molecular flexibility index (Phi) is 7.92. The minimum Gasteiger partial charge on any atom is -0.484 e. The van der Waals surface area contributed by atoms with Gasteiger partial charge < -0.3 is 18.9 Å². The number of benzene rings is 2. The van der Waals surface area contributed by atoms with Crippen LogP contribution in [0.15, 0.2) is 48.8 Å². The van der Waals surface area contributed by atoms with Gasteiger partial charge in [0.05, 0.1) is 41.7 Å². The van der Waals surface area contributed by atoms with E-state index in [0.717, 1.165) is 43.1 Å². The smallest absolute Gasteiger partial charge is 0.411 e. The molecule has 0 bridgehead atoms. The van der Waals surface area contributed by atoms with Crippen LogP contribution in [0, 0.1) is 13.8 Å². The number of ether oxygens (including phenoxy) is 4. The number of amides is 1. The molecule has 10 nitrogen and oxygen atoms in total. The Bertz CT molecular complexity index is 1670. The highest BCUT2D eigenvalue weighted by atomic mass is 32.1. The topological polar surface area (TPSA) is 118 Å². The molecule has 4 heterocycles. The van der Waals surface area contributed by atoms with Crippen molar-refractivity contribution in [2.24, 2.45) is 0 Å². The lowest BCUT2D eigenvalue weighted by molar-refractivity contribution is 0.0383. The molecular formula is C29H29N5O5S. The first-order valence-electron chi connectivity index (χ1n) is 12.9. The fraction of sp³-hybridized carbons (Fsp3) is 0.276. The van der Waals surface area contributed by atoms with Crippen LogP contribution in [0.25, 0.3) is 31.8 Å².